The highest BCUT2D eigenvalue weighted by molar-refractivity contribution is 7.89. The fourth-order valence-electron chi connectivity index (χ4n) is 2.22. The van der Waals surface area contributed by atoms with Crippen molar-refractivity contribution in [3.8, 4) is 0 Å². The van der Waals surface area contributed by atoms with Crippen molar-refractivity contribution in [3.63, 3.8) is 0 Å². The van der Waals surface area contributed by atoms with Gasteiger partial charge in [-0.3, -0.25) is 4.79 Å². The first-order valence-electron chi connectivity index (χ1n) is 8.09. The van der Waals surface area contributed by atoms with Gasteiger partial charge in [-0.05, 0) is 25.1 Å². The number of nitrogens with one attached hydrogen (secondary N) is 2. The fourth-order valence-corrected chi connectivity index (χ4v) is 3.70. The zero-order valence-corrected chi connectivity index (χ0v) is 15.9. The summed E-state index contributed by atoms with van der Waals surface area (Å²) in [5.74, 6) is -0.0885. The zero-order valence-electron chi connectivity index (χ0n) is 15.1. The summed E-state index contributed by atoms with van der Waals surface area (Å²) in [5.41, 5.74) is 1.36. The van der Waals surface area contributed by atoms with Crippen molar-refractivity contribution >= 4 is 27.3 Å². The van der Waals surface area contributed by atoms with E-state index in [0.717, 1.165) is 5.69 Å². The number of carbonyl (C=O) groups is 1. The third-order valence-electron chi connectivity index (χ3n) is 3.63. The van der Waals surface area contributed by atoms with Crippen LogP contribution in [0.5, 0.6) is 0 Å². The number of amides is 1. The van der Waals surface area contributed by atoms with Crippen molar-refractivity contribution < 1.29 is 13.2 Å². The lowest BCUT2D eigenvalue weighted by Crippen LogP contribution is -2.31. The van der Waals surface area contributed by atoms with Gasteiger partial charge in [0.25, 0.3) is 0 Å². The lowest BCUT2D eigenvalue weighted by Gasteiger charge is -2.20. The average Bonchev–Trinajstić information content (AvgIpc) is 2.54. The molecule has 0 spiro atoms. The van der Waals surface area contributed by atoms with E-state index in [1.807, 2.05) is 20.8 Å². The van der Waals surface area contributed by atoms with E-state index in [1.165, 1.54) is 9.21 Å². The van der Waals surface area contributed by atoms with E-state index in [0.29, 0.717) is 25.3 Å². The minimum Gasteiger partial charge on any atom is -0.384 e. The SMILES string of the molecule is CCNc1ccc(S(=O)(=O)N(CC)CC)cc1NCC(=O)N(C)C. The first kappa shape index (κ1) is 20.2. The van der Waals surface area contributed by atoms with Gasteiger partial charge in [-0.1, -0.05) is 13.8 Å². The van der Waals surface area contributed by atoms with Gasteiger partial charge in [0.1, 0.15) is 0 Å². The molecule has 136 valence electrons. The first-order valence-corrected chi connectivity index (χ1v) is 9.53. The van der Waals surface area contributed by atoms with Crippen LogP contribution in [0, 0.1) is 0 Å². The summed E-state index contributed by atoms with van der Waals surface area (Å²) in [6.45, 7) is 7.19. The second-order valence-corrected chi connectivity index (χ2v) is 7.41. The number of nitrogens with zero attached hydrogens (tertiary/aromatic N) is 2. The Labute approximate surface area is 145 Å². The second-order valence-electron chi connectivity index (χ2n) is 5.47. The summed E-state index contributed by atoms with van der Waals surface area (Å²) in [4.78, 5) is 13.5. The van der Waals surface area contributed by atoms with Crippen molar-refractivity contribution in [2.24, 2.45) is 0 Å². The highest BCUT2D eigenvalue weighted by Crippen LogP contribution is 2.27. The van der Waals surface area contributed by atoms with E-state index in [-0.39, 0.29) is 17.3 Å². The molecule has 8 heteroatoms. The van der Waals surface area contributed by atoms with Gasteiger partial charge in [-0.15, -0.1) is 0 Å². The largest absolute Gasteiger partial charge is 0.384 e. The van der Waals surface area contributed by atoms with E-state index in [1.54, 1.807) is 32.3 Å². The molecular weight excluding hydrogens is 328 g/mol. The smallest absolute Gasteiger partial charge is 0.243 e. The van der Waals surface area contributed by atoms with Gasteiger partial charge in [0.15, 0.2) is 0 Å². The number of benzene rings is 1. The summed E-state index contributed by atoms with van der Waals surface area (Å²) in [6, 6.07) is 4.89. The molecule has 1 amide bonds. The molecule has 0 saturated heterocycles. The van der Waals surface area contributed by atoms with Gasteiger partial charge in [-0.2, -0.15) is 4.31 Å². The molecule has 0 fully saturated rings. The Morgan fingerprint density at radius 3 is 2.17 bits per heavy atom. The third kappa shape index (κ3) is 4.85. The van der Waals surface area contributed by atoms with E-state index >= 15 is 0 Å². The summed E-state index contributed by atoms with van der Waals surface area (Å²) in [6.07, 6.45) is 0. The van der Waals surface area contributed by atoms with Gasteiger partial charge >= 0.3 is 0 Å². The predicted molar refractivity (Wildman–Crippen MR) is 97.9 cm³/mol. The molecule has 0 heterocycles. The molecule has 1 aromatic carbocycles. The van der Waals surface area contributed by atoms with E-state index in [9.17, 15) is 13.2 Å². The molecule has 0 aliphatic heterocycles. The van der Waals surface area contributed by atoms with Gasteiger partial charge < -0.3 is 15.5 Å². The molecule has 0 aliphatic rings. The number of anilines is 2. The minimum atomic E-state index is -3.54. The van der Waals surface area contributed by atoms with Crippen LogP contribution in [-0.2, 0) is 14.8 Å². The van der Waals surface area contributed by atoms with Crippen molar-refractivity contribution in [2.75, 3.05) is 50.9 Å². The third-order valence-corrected chi connectivity index (χ3v) is 5.68. The fraction of sp³-hybridized carbons (Fsp3) is 0.562. The Morgan fingerprint density at radius 2 is 1.67 bits per heavy atom. The topological polar surface area (TPSA) is 81.8 Å². The highest BCUT2D eigenvalue weighted by Gasteiger charge is 2.22. The van der Waals surface area contributed by atoms with Gasteiger partial charge in [0, 0.05) is 33.7 Å². The summed E-state index contributed by atoms with van der Waals surface area (Å²) in [7, 11) is -0.186. The normalized spacial score (nSPS) is 11.4. The monoisotopic (exact) mass is 356 g/mol. The number of likely N-dealkylation sites (N-methyl/N-ethyl adjacent to an activating group) is 1. The molecule has 0 saturated carbocycles. The van der Waals surface area contributed by atoms with Crippen LogP contribution in [0.2, 0.25) is 0 Å². The molecule has 1 aromatic rings. The zero-order chi connectivity index (χ0) is 18.3. The average molecular weight is 356 g/mol. The van der Waals surface area contributed by atoms with Crippen LogP contribution in [0.3, 0.4) is 0 Å². The molecule has 0 atom stereocenters. The molecular formula is C16H28N4O3S. The van der Waals surface area contributed by atoms with Gasteiger partial charge in [-0.25, -0.2) is 8.42 Å². The summed E-state index contributed by atoms with van der Waals surface area (Å²) in [5, 5.41) is 6.20. The lowest BCUT2D eigenvalue weighted by molar-refractivity contribution is -0.126. The van der Waals surface area contributed by atoms with Crippen molar-refractivity contribution in [3.05, 3.63) is 18.2 Å². The Bertz CT molecular complexity index is 655. The number of hydrogen-bond donors (Lipinski definition) is 2. The molecule has 0 aromatic heterocycles. The molecule has 0 radical (unpaired) electrons. The number of hydrogen-bond acceptors (Lipinski definition) is 5. The van der Waals surface area contributed by atoms with E-state index in [4.69, 9.17) is 0 Å². The Morgan fingerprint density at radius 1 is 1.04 bits per heavy atom. The molecule has 2 N–H and O–H groups in total. The van der Waals surface area contributed by atoms with E-state index < -0.39 is 10.0 Å². The van der Waals surface area contributed by atoms with Crippen molar-refractivity contribution in [2.45, 2.75) is 25.7 Å². The van der Waals surface area contributed by atoms with Crippen molar-refractivity contribution in [1.82, 2.24) is 9.21 Å². The van der Waals surface area contributed by atoms with Gasteiger partial charge in [0.2, 0.25) is 15.9 Å². The maximum atomic E-state index is 12.7. The van der Waals surface area contributed by atoms with Crippen LogP contribution in [-0.4, -0.2) is 63.8 Å². The number of sulfonamides is 1. The lowest BCUT2D eigenvalue weighted by atomic mass is 10.2. The molecule has 1 rings (SSSR count). The van der Waals surface area contributed by atoms with Crippen LogP contribution in [0.4, 0.5) is 11.4 Å². The number of rotatable bonds is 9. The molecule has 7 nitrogen and oxygen atoms in total. The molecule has 0 bridgehead atoms. The molecule has 0 aliphatic carbocycles. The molecule has 0 unspecified atom stereocenters. The van der Waals surface area contributed by atoms with Crippen LogP contribution < -0.4 is 10.6 Å². The second kappa shape index (κ2) is 8.89. The highest BCUT2D eigenvalue weighted by atomic mass is 32.2. The van der Waals surface area contributed by atoms with Crippen molar-refractivity contribution in [1.29, 1.82) is 0 Å². The molecule has 24 heavy (non-hydrogen) atoms. The first-order chi connectivity index (χ1) is 11.3. The minimum absolute atomic E-state index is 0.0885. The Balaban J connectivity index is 3.18. The standard InChI is InChI=1S/C16H28N4O3S/c1-6-17-14-10-9-13(24(22,23)20(7-2)8-3)11-15(14)18-12-16(21)19(4)5/h9-11,17-18H,6-8,12H2,1-5H3. The predicted octanol–water partition coefficient (Wildman–Crippen LogP) is 1.65. The van der Waals surface area contributed by atoms with Crippen LogP contribution in [0.1, 0.15) is 20.8 Å². The van der Waals surface area contributed by atoms with Crippen LogP contribution in [0.25, 0.3) is 0 Å². The van der Waals surface area contributed by atoms with Gasteiger partial charge in [0.05, 0.1) is 22.8 Å². The maximum absolute atomic E-state index is 12.7. The quantitative estimate of drug-likeness (QED) is 0.703. The number of carbonyl (C=O) groups excluding carboxylic acids is 1. The Kier molecular flexibility index (Phi) is 7.50. The van der Waals surface area contributed by atoms with E-state index in [2.05, 4.69) is 10.6 Å². The van der Waals surface area contributed by atoms with Crippen LogP contribution in [0.15, 0.2) is 23.1 Å². The summed E-state index contributed by atoms with van der Waals surface area (Å²) < 4.78 is 26.7. The van der Waals surface area contributed by atoms with Crippen LogP contribution >= 0.6 is 0 Å². The maximum Gasteiger partial charge on any atom is 0.243 e. The Hall–Kier alpha value is -1.80. The summed E-state index contributed by atoms with van der Waals surface area (Å²) >= 11 is 0.